The van der Waals surface area contributed by atoms with Gasteiger partial charge < -0.3 is 4.90 Å². The zero-order valence-corrected chi connectivity index (χ0v) is 12.7. The highest BCUT2D eigenvalue weighted by atomic mass is 32.1. The van der Waals surface area contributed by atoms with E-state index in [0.29, 0.717) is 12.1 Å². The van der Waals surface area contributed by atoms with Gasteiger partial charge in [-0.25, -0.2) is 4.39 Å². The molecule has 1 aliphatic heterocycles. The van der Waals surface area contributed by atoms with Crippen LogP contribution in [-0.4, -0.2) is 17.4 Å². The van der Waals surface area contributed by atoms with Crippen molar-refractivity contribution in [2.24, 2.45) is 0 Å². The fourth-order valence-corrected chi connectivity index (χ4v) is 3.77. The number of halogens is 1. The van der Waals surface area contributed by atoms with E-state index in [-0.39, 0.29) is 16.8 Å². The Morgan fingerprint density at radius 3 is 3.00 bits per heavy atom. The van der Waals surface area contributed by atoms with Crippen LogP contribution in [0.3, 0.4) is 0 Å². The number of thiophene rings is 1. The summed E-state index contributed by atoms with van der Waals surface area (Å²) < 4.78 is 13.2. The molecule has 2 aromatic rings. The summed E-state index contributed by atoms with van der Waals surface area (Å²) in [4.78, 5) is 16.0. The number of fused-ring (bicyclic) bond motifs is 1. The fourth-order valence-electron chi connectivity index (χ4n) is 2.60. The van der Waals surface area contributed by atoms with Crippen molar-refractivity contribution >= 4 is 29.9 Å². The van der Waals surface area contributed by atoms with Crippen molar-refractivity contribution < 1.29 is 9.18 Å². The smallest absolute Gasteiger partial charge is 0.254 e. The molecule has 1 aromatic heterocycles. The third-order valence-corrected chi connectivity index (χ3v) is 5.07. The number of thiol groups is 1. The molecule has 20 heavy (non-hydrogen) atoms. The van der Waals surface area contributed by atoms with E-state index in [1.807, 2.05) is 11.8 Å². The van der Waals surface area contributed by atoms with Gasteiger partial charge in [-0.15, -0.1) is 24.0 Å². The molecule has 0 fully saturated rings. The number of hydrogen-bond acceptors (Lipinski definition) is 3. The van der Waals surface area contributed by atoms with Gasteiger partial charge >= 0.3 is 0 Å². The summed E-state index contributed by atoms with van der Waals surface area (Å²) in [6.45, 7) is 2.74. The summed E-state index contributed by atoms with van der Waals surface area (Å²) in [6, 6.07) is 6.45. The number of benzene rings is 1. The highest BCUT2D eigenvalue weighted by Gasteiger charge is 2.29. The Morgan fingerprint density at radius 2 is 2.25 bits per heavy atom. The maximum Gasteiger partial charge on any atom is 0.254 e. The highest BCUT2D eigenvalue weighted by molar-refractivity contribution is 7.80. The molecule has 1 aromatic carbocycles. The monoisotopic (exact) mass is 307 g/mol. The van der Waals surface area contributed by atoms with Crippen molar-refractivity contribution in [1.29, 1.82) is 0 Å². The molecule has 0 saturated carbocycles. The summed E-state index contributed by atoms with van der Waals surface area (Å²) in [5.41, 5.74) is 1.71. The lowest BCUT2D eigenvalue weighted by atomic mass is 10.0. The molecule has 1 atom stereocenters. The number of nitrogens with zero attached hydrogens (tertiary/aromatic N) is 1. The number of amides is 1. The minimum absolute atomic E-state index is 0.0610. The molecular weight excluding hydrogens is 293 g/mol. The van der Waals surface area contributed by atoms with E-state index in [0.717, 1.165) is 6.42 Å². The molecule has 0 bridgehead atoms. The maximum absolute atomic E-state index is 13.2. The van der Waals surface area contributed by atoms with Gasteiger partial charge in [-0.2, -0.15) is 0 Å². The third kappa shape index (κ3) is 2.25. The van der Waals surface area contributed by atoms with Crippen LogP contribution in [0, 0.1) is 5.82 Å². The van der Waals surface area contributed by atoms with Crippen LogP contribution in [0.5, 0.6) is 0 Å². The average Bonchev–Trinajstić information content (AvgIpc) is 2.91. The van der Waals surface area contributed by atoms with E-state index < -0.39 is 5.82 Å². The predicted octanol–water partition coefficient (Wildman–Crippen LogP) is 3.94. The molecule has 2 nitrogen and oxygen atoms in total. The number of rotatable bonds is 1. The second kappa shape index (κ2) is 5.22. The minimum atomic E-state index is -0.406. The molecule has 3 rings (SSSR count). The van der Waals surface area contributed by atoms with E-state index in [1.54, 1.807) is 11.3 Å². The van der Waals surface area contributed by atoms with Crippen molar-refractivity contribution in [3.8, 4) is 0 Å². The van der Waals surface area contributed by atoms with Gasteiger partial charge in [0.05, 0.1) is 6.04 Å². The van der Waals surface area contributed by atoms with E-state index in [1.165, 1.54) is 28.6 Å². The molecule has 0 spiro atoms. The Bertz CT molecular complexity index is 668. The van der Waals surface area contributed by atoms with Gasteiger partial charge in [0.25, 0.3) is 5.91 Å². The van der Waals surface area contributed by atoms with Gasteiger partial charge in [0.15, 0.2) is 0 Å². The topological polar surface area (TPSA) is 20.3 Å². The van der Waals surface area contributed by atoms with Gasteiger partial charge in [-0.1, -0.05) is 0 Å². The molecule has 0 aliphatic carbocycles. The first-order valence-electron chi connectivity index (χ1n) is 6.43. The summed E-state index contributed by atoms with van der Waals surface area (Å²) in [7, 11) is 0. The maximum atomic E-state index is 13.2. The molecule has 1 amide bonds. The Balaban J connectivity index is 1.90. The largest absolute Gasteiger partial charge is 0.331 e. The van der Waals surface area contributed by atoms with Crippen LogP contribution in [-0.2, 0) is 6.42 Å². The van der Waals surface area contributed by atoms with E-state index in [9.17, 15) is 9.18 Å². The van der Waals surface area contributed by atoms with Gasteiger partial charge in [0.2, 0.25) is 0 Å². The van der Waals surface area contributed by atoms with Crippen LogP contribution in [0.4, 0.5) is 4.39 Å². The van der Waals surface area contributed by atoms with Crippen molar-refractivity contribution in [3.05, 3.63) is 51.5 Å². The predicted molar refractivity (Wildman–Crippen MR) is 81.1 cm³/mol. The second-order valence-corrected chi connectivity index (χ2v) is 6.37. The first-order valence-corrected chi connectivity index (χ1v) is 7.76. The Kier molecular flexibility index (Phi) is 3.56. The first-order chi connectivity index (χ1) is 9.58. The Morgan fingerprint density at radius 1 is 1.45 bits per heavy atom. The molecule has 1 aliphatic rings. The second-order valence-electron chi connectivity index (χ2n) is 4.89. The quantitative estimate of drug-likeness (QED) is 0.791. The van der Waals surface area contributed by atoms with Crippen LogP contribution < -0.4 is 0 Å². The van der Waals surface area contributed by atoms with Crippen molar-refractivity contribution in [2.75, 3.05) is 6.54 Å². The van der Waals surface area contributed by atoms with Crippen molar-refractivity contribution in [3.63, 3.8) is 0 Å². The summed E-state index contributed by atoms with van der Waals surface area (Å²) >= 11 is 5.78. The lowest BCUT2D eigenvalue weighted by molar-refractivity contribution is 0.0679. The van der Waals surface area contributed by atoms with E-state index in [2.05, 4.69) is 24.1 Å². The van der Waals surface area contributed by atoms with Crippen LogP contribution in [0.2, 0.25) is 0 Å². The number of hydrogen-bond donors (Lipinski definition) is 1. The highest BCUT2D eigenvalue weighted by Crippen LogP contribution is 2.33. The van der Waals surface area contributed by atoms with Crippen LogP contribution >= 0.6 is 24.0 Å². The minimum Gasteiger partial charge on any atom is -0.331 e. The zero-order valence-electron chi connectivity index (χ0n) is 11.0. The normalized spacial score (nSPS) is 17.9. The SMILES string of the molecule is CC1c2ccsc2CCN1C(=O)c1ccc(F)c(S)c1. The van der Waals surface area contributed by atoms with Crippen molar-refractivity contribution in [1.82, 2.24) is 4.90 Å². The van der Waals surface area contributed by atoms with Gasteiger partial charge in [-0.05, 0) is 48.6 Å². The van der Waals surface area contributed by atoms with Gasteiger partial charge in [-0.3, -0.25) is 4.79 Å². The molecule has 0 saturated heterocycles. The Hall–Kier alpha value is -1.33. The molecule has 2 heterocycles. The van der Waals surface area contributed by atoms with Gasteiger partial charge in [0.1, 0.15) is 5.82 Å². The van der Waals surface area contributed by atoms with Gasteiger partial charge in [0, 0.05) is 21.9 Å². The molecule has 1 unspecified atom stereocenters. The molecule has 0 radical (unpaired) electrons. The average molecular weight is 307 g/mol. The van der Waals surface area contributed by atoms with E-state index in [4.69, 9.17) is 0 Å². The molecule has 0 N–H and O–H groups in total. The molecule has 5 heteroatoms. The third-order valence-electron chi connectivity index (χ3n) is 3.73. The standard InChI is InChI=1S/C15H14FNOS2/c1-9-11-5-7-20-14(11)4-6-17(9)15(18)10-2-3-12(16)13(19)8-10/h2-3,5,7-9,19H,4,6H2,1H3. The number of carbonyl (C=O) groups is 1. The molecule has 104 valence electrons. The lowest BCUT2D eigenvalue weighted by Crippen LogP contribution is -2.38. The van der Waals surface area contributed by atoms with E-state index >= 15 is 0 Å². The fraction of sp³-hybridized carbons (Fsp3) is 0.267. The lowest BCUT2D eigenvalue weighted by Gasteiger charge is -2.33. The summed E-state index contributed by atoms with van der Waals surface area (Å²) in [5, 5.41) is 2.07. The molecular formula is C15H14FNOS2. The van der Waals surface area contributed by atoms with Crippen LogP contribution in [0.15, 0.2) is 34.5 Å². The Labute approximate surface area is 126 Å². The van der Waals surface area contributed by atoms with Crippen LogP contribution in [0.1, 0.15) is 33.8 Å². The summed E-state index contributed by atoms with van der Waals surface area (Å²) in [5.74, 6) is -0.471. The summed E-state index contributed by atoms with van der Waals surface area (Å²) in [6.07, 6.45) is 0.887. The number of carbonyl (C=O) groups excluding carboxylic acids is 1. The first kappa shape index (κ1) is 13.6. The van der Waals surface area contributed by atoms with Crippen molar-refractivity contribution in [2.45, 2.75) is 24.3 Å². The van der Waals surface area contributed by atoms with Crippen LogP contribution in [0.25, 0.3) is 0 Å². The zero-order chi connectivity index (χ0) is 14.3.